The van der Waals surface area contributed by atoms with Crippen LogP contribution in [0.3, 0.4) is 0 Å². The molecule has 3 nitrogen and oxygen atoms in total. The highest BCUT2D eigenvalue weighted by atomic mass is 28.3. The van der Waals surface area contributed by atoms with Gasteiger partial charge in [-0.05, 0) is 141 Å². The van der Waals surface area contributed by atoms with Crippen LogP contribution in [-0.2, 0) is 5.41 Å². The van der Waals surface area contributed by atoms with E-state index in [2.05, 4.69) is 415 Å². The lowest BCUT2D eigenvalue weighted by Crippen LogP contribution is -2.82. The van der Waals surface area contributed by atoms with Crippen molar-refractivity contribution in [2.24, 2.45) is 0 Å². The fourth-order valence-corrected chi connectivity index (χ4v) is 27.2. The predicted octanol–water partition coefficient (Wildman–Crippen LogP) is 14.7. The quantitative estimate of drug-likeness (QED) is 0.0841. The van der Waals surface area contributed by atoms with Gasteiger partial charge in [-0.25, -0.2) is 0 Å². The lowest BCUT2D eigenvalue weighted by Gasteiger charge is -2.49. The van der Waals surface area contributed by atoms with Gasteiger partial charge in [0.25, 0.3) is 6.71 Å². The van der Waals surface area contributed by atoms with Crippen molar-refractivity contribution in [3.63, 3.8) is 0 Å². The van der Waals surface area contributed by atoms with E-state index in [1.807, 2.05) is 0 Å². The van der Waals surface area contributed by atoms with Crippen LogP contribution in [0.2, 0.25) is 0 Å². The molecule has 3 heterocycles. The zero-order valence-electron chi connectivity index (χ0n) is 53.5. The van der Waals surface area contributed by atoms with Gasteiger partial charge in [-0.15, -0.1) is 0 Å². The number of nitrogens with zero attached hydrogens (tertiary/aromatic N) is 3. The molecular weight excluding hydrogens is 1200 g/mol. The van der Waals surface area contributed by atoms with Gasteiger partial charge >= 0.3 is 0 Å². The van der Waals surface area contributed by atoms with Gasteiger partial charge in [0.1, 0.15) is 0 Å². The molecule has 0 atom stereocenters. The van der Waals surface area contributed by atoms with Crippen LogP contribution in [0.5, 0.6) is 0 Å². The molecular formula is C91H66BN3Si2. The third kappa shape index (κ3) is 8.87. The van der Waals surface area contributed by atoms with E-state index >= 15 is 0 Å². The molecule has 97 heavy (non-hydrogen) atoms. The Morgan fingerprint density at radius 2 is 0.515 bits per heavy atom. The van der Waals surface area contributed by atoms with Crippen molar-refractivity contribution in [2.75, 3.05) is 14.7 Å². The Morgan fingerprint density at radius 3 is 0.918 bits per heavy atom. The minimum atomic E-state index is -3.51. The third-order valence-corrected chi connectivity index (χ3v) is 30.5. The van der Waals surface area contributed by atoms with Crippen LogP contribution in [-0.4, -0.2) is 22.9 Å². The summed E-state index contributed by atoms with van der Waals surface area (Å²) < 4.78 is 0. The van der Waals surface area contributed by atoms with Crippen LogP contribution < -0.4 is 72.6 Å². The topological polar surface area (TPSA) is 9.72 Å². The average Bonchev–Trinajstić information content (AvgIpc) is 0.684. The Morgan fingerprint density at radius 1 is 0.216 bits per heavy atom. The zero-order chi connectivity index (χ0) is 64.3. The molecule has 3 aliphatic heterocycles. The van der Waals surface area contributed by atoms with E-state index in [0.29, 0.717) is 0 Å². The Bertz CT molecular complexity index is 5060. The smallest absolute Gasteiger partial charge is 0.252 e. The Hall–Kier alpha value is -11.8. The van der Waals surface area contributed by atoms with E-state index in [1.165, 1.54) is 85.8 Å². The first-order valence-electron chi connectivity index (χ1n) is 33.8. The van der Waals surface area contributed by atoms with Crippen molar-refractivity contribution in [2.45, 2.75) is 5.41 Å². The molecule has 15 aromatic carbocycles. The number of fused-ring (bicyclic) bond motifs is 6. The standard InChI is InChI=1S/C91H66BN3Si2/c1-11-37-67(38-12-1)91(68-39-13-2-14-40-68)79-57-31-34-60-82(79)95(83-61-35-32-58-80(83)91)71-63-85-89-86(64-71)94(70-43-17-4-18-44-70)87-65-78(96(72-45-19-5-20-46-72,73-47-21-6-22-48-73)74-49-23-7-24-50-74)66-88(90(87)92(89)81-59-33-36-62-84(81)93(85)69-41-15-3-16-42-69)97(75-51-25-8-26-52-75,76-53-27-9-28-54-76)77-55-29-10-30-56-77/h1-66H. The number of para-hydroxylation sites is 5. The highest BCUT2D eigenvalue weighted by molar-refractivity contribution is 7.24. The molecule has 0 N–H and O–H groups in total. The average molecular weight is 1270 g/mol. The van der Waals surface area contributed by atoms with Gasteiger partial charge in [0.05, 0.1) is 22.5 Å². The molecule has 456 valence electrons. The number of benzene rings is 15. The van der Waals surface area contributed by atoms with E-state index in [9.17, 15) is 0 Å². The Kier molecular flexibility index (Phi) is 14.2. The largest absolute Gasteiger partial charge is 0.311 e. The first-order valence-corrected chi connectivity index (χ1v) is 37.8. The van der Waals surface area contributed by atoms with E-state index in [0.717, 1.165) is 45.5 Å². The van der Waals surface area contributed by atoms with Gasteiger partial charge in [0, 0.05) is 34.1 Å². The monoisotopic (exact) mass is 1270 g/mol. The van der Waals surface area contributed by atoms with E-state index in [4.69, 9.17) is 0 Å². The number of anilines is 9. The van der Waals surface area contributed by atoms with Gasteiger partial charge in [-0.3, -0.25) is 0 Å². The van der Waals surface area contributed by atoms with Gasteiger partial charge in [-0.2, -0.15) is 0 Å². The van der Waals surface area contributed by atoms with Crippen molar-refractivity contribution in [1.29, 1.82) is 0 Å². The highest BCUT2D eigenvalue weighted by Gasteiger charge is 2.54. The third-order valence-electron chi connectivity index (χ3n) is 20.9. The van der Waals surface area contributed by atoms with E-state index in [1.54, 1.807) is 0 Å². The maximum absolute atomic E-state index is 3.51. The molecule has 0 radical (unpaired) electrons. The summed E-state index contributed by atoms with van der Waals surface area (Å²) in [7, 11) is -6.87. The van der Waals surface area contributed by atoms with Crippen molar-refractivity contribution in [1.82, 2.24) is 0 Å². The zero-order valence-corrected chi connectivity index (χ0v) is 55.5. The van der Waals surface area contributed by atoms with Gasteiger partial charge in [0.15, 0.2) is 16.1 Å². The number of hydrogen-bond donors (Lipinski definition) is 0. The Balaban J connectivity index is 1.04. The summed E-state index contributed by atoms with van der Waals surface area (Å²) in [6.45, 7) is -0.261. The fourth-order valence-electron chi connectivity index (χ4n) is 17.2. The summed E-state index contributed by atoms with van der Waals surface area (Å²) in [6, 6.07) is 152. The molecule has 15 aromatic rings. The fraction of sp³-hybridized carbons (Fsp3) is 0.0110. The van der Waals surface area contributed by atoms with Crippen molar-refractivity contribution < 1.29 is 0 Å². The molecule has 18 rings (SSSR count). The molecule has 0 fully saturated rings. The molecule has 0 unspecified atom stereocenters. The molecule has 3 aliphatic rings. The maximum atomic E-state index is 2.78. The summed E-state index contributed by atoms with van der Waals surface area (Å²) in [4.78, 5) is 7.85. The van der Waals surface area contributed by atoms with Crippen LogP contribution >= 0.6 is 0 Å². The molecule has 0 saturated carbocycles. The molecule has 0 saturated heterocycles. The second-order valence-corrected chi connectivity index (χ2v) is 33.3. The lowest BCUT2D eigenvalue weighted by atomic mass is 9.33. The van der Waals surface area contributed by atoms with Crippen LogP contribution in [0.25, 0.3) is 0 Å². The molecule has 0 bridgehead atoms. The molecule has 0 aliphatic carbocycles. The normalized spacial score (nSPS) is 13.4. The molecule has 6 heteroatoms. The molecule has 0 spiro atoms. The first kappa shape index (κ1) is 57.8. The minimum absolute atomic E-state index is 0.261. The summed E-state index contributed by atoms with van der Waals surface area (Å²) in [5, 5.41) is 10.6. The van der Waals surface area contributed by atoms with Gasteiger partial charge in [-0.1, -0.05) is 340 Å². The number of rotatable bonds is 13. The van der Waals surface area contributed by atoms with E-state index in [-0.39, 0.29) is 6.71 Å². The highest BCUT2D eigenvalue weighted by Crippen LogP contribution is 2.59. The van der Waals surface area contributed by atoms with Gasteiger partial charge in [0.2, 0.25) is 0 Å². The Labute approximate surface area is 570 Å². The van der Waals surface area contributed by atoms with Crippen molar-refractivity contribution >= 4 is 132 Å². The van der Waals surface area contributed by atoms with Crippen LogP contribution in [0.15, 0.2) is 400 Å². The molecule has 0 aromatic heterocycles. The first-order chi connectivity index (χ1) is 48.2. The summed E-state index contributed by atoms with van der Waals surface area (Å²) in [5.74, 6) is 0. The lowest BCUT2D eigenvalue weighted by molar-refractivity contribution is 0.731. The summed E-state index contributed by atoms with van der Waals surface area (Å²) in [6.07, 6.45) is 0. The van der Waals surface area contributed by atoms with Crippen molar-refractivity contribution in [3.05, 3.63) is 423 Å². The maximum Gasteiger partial charge on any atom is 0.252 e. The van der Waals surface area contributed by atoms with Crippen LogP contribution in [0.1, 0.15) is 22.3 Å². The number of hydrogen-bond acceptors (Lipinski definition) is 3. The second kappa shape index (κ2) is 23.9. The SMILES string of the molecule is c1ccc(N2c3ccccc3B3c4c2cc(N2c5ccccc5C(c5ccccc5)(c5ccccc5)c5ccccc52)cc4N(c2ccccc2)c2cc([Si](c4ccccc4)(c4ccccc4)c4ccccc4)cc([Si](c4ccccc4)(c4ccccc4)c4ccccc4)c23)cc1. The van der Waals surface area contributed by atoms with Crippen molar-refractivity contribution in [3.8, 4) is 0 Å². The summed E-state index contributed by atoms with van der Waals surface area (Å²) in [5.41, 5.74) is 18.1. The molecule has 0 amide bonds. The van der Waals surface area contributed by atoms with Crippen LogP contribution in [0, 0.1) is 0 Å². The van der Waals surface area contributed by atoms with E-state index < -0.39 is 21.6 Å². The predicted molar refractivity (Wildman–Crippen MR) is 414 cm³/mol. The van der Waals surface area contributed by atoms with Crippen LogP contribution in [0.4, 0.5) is 51.2 Å². The summed E-state index contributed by atoms with van der Waals surface area (Å²) >= 11 is 0. The second-order valence-electron chi connectivity index (χ2n) is 25.7. The minimum Gasteiger partial charge on any atom is -0.311 e. The van der Waals surface area contributed by atoms with Gasteiger partial charge < -0.3 is 14.7 Å².